The summed E-state index contributed by atoms with van der Waals surface area (Å²) in [5.74, 6) is 0.805. The number of aryl methyl sites for hydroxylation is 1. The van der Waals surface area contributed by atoms with Crippen LogP contribution >= 0.6 is 0 Å². The third-order valence-corrected chi connectivity index (χ3v) is 4.17. The molecule has 6 heteroatoms. The molecule has 0 unspecified atom stereocenters. The van der Waals surface area contributed by atoms with Crippen molar-refractivity contribution in [2.24, 2.45) is 0 Å². The lowest BCUT2D eigenvalue weighted by molar-refractivity contribution is -0.137. The fourth-order valence-corrected chi connectivity index (χ4v) is 2.73. The molecule has 0 bridgehead atoms. The van der Waals surface area contributed by atoms with Gasteiger partial charge in [0.1, 0.15) is 11.5 Å². The van der Waals surface area contributed by atoms with Gasteiger partial charge in [0.15, 0.2) is 0 Å². The fourth-order valence-electron chi connectivity index (χ4n) is 2.73. The lowest BCUT2D eigenvalue weighted by Gasteiger charge is -2.22. The standard InChI is InChI=1S/C20H19F3N2O/c1-3-25(17-10-5-4-6-11-17)13-18-14(2)26-19(24-18)15-8-7-9-16(12-15)20(21,22)23/h4-12H,3,13H2,1-2H3. The van der Waals surface area contributed by atoms with E-state index in [9.17, 15) is 13.2 Å². The average Bonchev–Trinajstić information content (AvgIpc) is 3.00. The Morgan fingerprint density at radius 2 is 1.77 bits per heavy atom. The van der Waals surface area contributed by atoms with Crippen molar-refractivity contribution in [3.05, 3.63) is 71.6 Å². The van der Waals surface area contributed by atoms with Gasteiger partial charge >= 0.3 is 6.18 Å². The van der Waals surface area contributed by atoms with Gasteiger partial charge in [-0.2, -0.15) is 13.2 Å². The Morgan fingerprint density at radius 1 is 1.04 bits per heavy atom. The molecular formula is C20H19F3N2O. The molecule has 0 atom stereocenters. The van der Waals surface area contributed by atoms with Crippen molar-refractivity contribution in [3.63, 3.8) is 0 Å². The SMILES string of the molecule is CCN(Cc1nc(-c2cccc(C(F)(F)F)c2)oc1C)c1ccccc1. The molecule has 3 rings (SSSR count). The van der Waals surface area contributed by atoms with Crippen molar-refractivity contribution >= 4 is 5.69 Å². The van der Waals surface area contributed by atoms with Crippen LogP contribution in [0.2, 0.25) is 0 Å². The predicted molar refractivity (Wildman–Crippen MR) is 94.8 cm³/mol. The van der Waals surface area contributed by atoms with Crippen LogP contribution in [0.15, 0.2) is 59.0 Å². The zero-order valence-corrected chi connectivity index (χ0v) is 14.5. The summed E-state index contributed by atoms with van der Waals surface area (Å²) in [7, 11) is 0. The molecule has 0 spiro atoms. The second-order valence-electron chi connectivity index (χ2n) is 5.95. The van der Waals surface area contributed by atoms with Crippen LogP contribution < -0.4 is 4.90 Å². The first kappa shape index (κ1) is 18.0. The van der Waals surface area contributed by atoms with Gasteiger partial charge in [-0.3, -0.25) is 0 Å². The monoisotopic (exact) mass is 360 g/mol. The second kappa shape index (κ2) is 7.23. The second-order valence-corrected chi connectivity index (χ2v) is 5.95. The summed E-state index contributed by atoms with van der Waals surface area (Å²) in [6, 6.07) is 14.9. The van der Waals surface area contributed by atoms with Crippen LogP contribution in [-0.2, 0) is 12.7 Å². The van der Waals surface area contributed by atoms with Crippen molar-refractivity contribution in [1.29, 1.82) is 0 Å². The maximum atomic E-state index is 12.9. The number of anilines is 1. The molecule has 0 aliphatic carbocycles. The molecule has 1 heterocycles. The highest BCUT2D eigenvalue weighted by Crippen LogP contribution is 2.32. The van der Waals surface area contributed by atoms with E-state index in [2.05, 4.69) is 9.88 Å². The lowest BCUT2D eigenvalue weighted by Crippen LogP contribution is -2.22. The van der Waals surface area contributed by atoms with E-state index in [1.54, 1.807) is 13.0 Å². The Labute approximate surface area is 150 Å². The number of halogens is 3. The van der Waals surface area contributed by atoms with Crippen LogP contribution in [0.1, 0.15) is 23.9 Å². The molecule has 1 aromatic heterocycles. The largest absolute Gasteiger partial charge is 0.441 e. The first-order valence-corrected chi connectivity index (χ1v) is 8.32. The summed E-state index contributed by atoms with van der Waals surface area (Å²) in [6.45, 7) is 5.11. The molecule has 3 aromatic rings. The summed E-state index contributed by atoms with van der Waals surface area (Å²) in [5.41, 5.74) is 1.37. The van der Waals surface area contributed by atoms with Crippen LogP contribution in [-0.4, -0.2) is 11.5 Å². The third-order valence-electron chi connectivity index (χ3n) is 4.17. The summed E-state index contributed by atoms with van der Waals surface area (Å²) in [6.07, 6.45) is -4.40. The van der Waals surface area contributed by atoms with Crippen LogP contribution in [0.25, 0.3) is 11.5 Å². The Bertz CT molecular complexity index is 872. The quantitative estimate of drug-likeness (QED) is 0.585. The predicted octanol–water partition coefficient (Wildman–Crippen LogP) is 5.70. The molecule has 0 amide bonds. The highest BCUT2D eigenvalue weighted by molar-refractivity contribution is 5.56. The topological polar surface area (TPSA) is 29.3 Å². The first-order valence-electron chi connectivity index (χ1n) is 8.32. The van der Waals surface area contributed by atoms with Gasteiger partial charge in [-0.15, -0.1) is 0 Å². The van der Waals surface area contributed by atoms with E-state index in [0.717, 1.165) is 24.4 Å². The van der Waals surface area contributed by atoms with E-state index in [4.69, 9.17) is 4.42 Å². The molecule has 0 aliphatic heterocycles. The Balaban J connectivity index is 1.88. The Morgan fingerprint density at radius 3 is 2.42 bits per heavy atom. The number of benzene rings is 2. The minimum Gasteiger partial charge on any atom is -0.441 e. The molecule has 0 N–H and O–H groups in total. The van der Waals surface area contributed by atoms with Gasteiger partial charge in [-0.1, -0.05) is 24.3 Å². The summed E-state index contributed by atoms with van der Waals surface area (Å²) < 4.78 is 44.4. The average molecular weight is 360 g/mol. The first-order chi connectivity index (χ1) is 12.4. The van der Waals surface area contributed by atoms with Crippen molar-refractivity contribution in [2.75, 3.05) is 11.4 Å². The van der Waals surface area contributed by atoms with Gasteiger partial charge in [0, 0.05) is 17.8 Å². The van der Waals surface area contributed by atoms with E-state index in [-0.39, 0.29) is 5.89 Å². The van der Waals surface area contributed by atoms with Crippen LogP contribution in [0, 0.1) is 6.92 Å². The lowest BCUT2D eigenvalue weighted by atomic mass is 10.1. The zero-order chi connectivity index (χ0) is 18.7. The van der Waals surface area contributed by atoms with E-state index in [1.807, 2.05) is 37.3 Å². The number of alkyl halides is 3. The molecular weight excluding hydrogens is 341 g/mol. The molecule has 0 fully saturated rings. The number of oxazole rings is 1. The van der Waals surface area contributed by atoms with Gasteiger partial charge < -0.3 is 9.32 Å². The molecule has 26 heavy (non-hydrogen) atoms. The van der Waals surface area contributed by atoms with E-state index in [1.165, 1.54) is 6.07 Å². The van der Waals surface area contributed by atoms with E-state index >= 15 is 0 Å². The fraction of sp³-hybridized carbons (Fsp3) is 0.250. The zero-order valence-electron chi connectivity index (χ0n) is 14.5. The number of nitrogens with zero attached hydrogens (tertiary/aromatic N) is 2. The molecule has 0 saturated carbocycles. The highest BCUT2D eigenvalue weighted by atomic mass is 19.4. The van der Waals surface area contributed by atoms with E-state index in [0.29, 0.717) is 23.6 Å². The maximum Gasteiger partial charge on any atom is 0.416 e. The smallest absolute Gasteiger partial charge is 0.416 e. The van der Waals surface area contributed by atoms with Gasteiger partial charge in [-0.05, 0) is 44.2 Å². The number of aromatic nitrogens is 1. The summed E-state index contributed by atoms with van der Waals surface area (Å²) >= 11 is 0. The van der Waals surface area contributed by atoms with Gasteiger partial charge in [-0.25, -0.2) is 4.98 Å². The van der Waals surface area contributed by atoms with Crippen LogP contribution in [0.3, 0.4) is 0 Å². The number of hydrogen-bond acceptors (Lipinski definition) is 3. The van der Waals surface area contributed by atoms with E-state index < -0.39 is 11.7 Å². The van der Waals surface area contributed by atoms with Gasteiger partial charge in [0.05, 0.1) is 12.1 Å². The normalized spacial score (nSPS) is 11.6. The Kier molecular flexibility index (Phi) is 5.02. The molecule has 0 aliphatic rings. The molecule has 136 valence electrons. The van der Waals surface area contributed by atoms with Crippen molar-refractivity contribution in [1.82, 2.24) is 4.98 Å². The minimum absolute atomic E-state index is 0.202. The van der Waals surface area contributed by atoms with Crippen LogP contribution in [0.4, 0.5) is 18.9 Å². The maximum absolute atomic E-state index is 12.9. The molecule has 0 saturated heterocycles. The minimum atomic E-state index is -4.40. The molecule has 0 radical (unpaired) electrons. The van der Waals surface area contributed by atoms with Crippen LogP contribution in [0.5, 0.6) is 0 Å². The summed E-state index contributed by atoms with van der Waals surface area (Å²) in [5, 5.41) is 0. The number of para-hydroxylation sites is 1. The highest BCUT2D eigenvalue weighted by Gasteiger charge is 2.31. The Hall–Kier alpha value is -2.76. The van der Waals surface area contributed by atoms with Crippen molar-refractivity contribution in [3.8, 4) is 11.5 Å². The van der Waals surface area contributed by atoms with Gasteiger partial charge in [0.25, 0.3) is 0 Å². The third kappa shape index (κ3) is 3.90. The van der Waals surface area contributed by atoms with Crippen molar-refractivity contribution in [2.45, 2.75) is 26.6 Å². The van der Waals surface area contributed by atoms with Gasteiger partial charge in [0.2, 0.25) is 5.89 Å². The van der Waals surface area contributed by atoms with Crippen molar-refractivity contribution < 1.29 is 17.6 Å². The summed E-state index contributed by atoms with van der Waals surface area (Å²) in [4.78, 5) is 6.57. The molecule has 2 aromatic carbocycles. The number of hydrogen-bond donors (Lipinski definition) is 0. The molecule has 3 nitrogen and oxygen atoms in total. The number of rotatable bonds is 5.